The normalized spacial score (nSPS) is 11.6. The van der Waals surface area contributed by atoms with Crippen LogP contribution in [0, 0.1) is 0 Å². The third-order valence-corrected chi connectivity index (χ3v) is 24.4. The van der Waals surface area contributed by atoms with Crippen molar-refractivity contribution in [1.82, 2.24) is 0 Å². The van der Waals surface area contributed by atoms with Crippen LogP contribution in [0.3, 0.4) is 0 Å². The number of furan rings is 2. The Bertz CT molecular complexity index is 8020. The standard InChI is InChI=1S/2C58H38N2O/c1-4-17-39(18-5-1)45-23-12-14-28-54(45)60(55-29-16-27-52-49-25-13-15-30-56(49)61-58(52)55)44-33-36-48-51-34-31-40-37-43(59(41-19-6-2-7-20-41)42-21-8-3-9-22-42)32-35-46(40)57(51)50-26-11-10-24-47(50)53(48)38-44;1-4-16-39(17-5-1)46-22-12-14-26-55(46)60(45-31-35-57-54(38-45)50-24-13-15-27-56(50)61-57)44-30-34-49-52-32-28-40-36-43(59(41-18-6-2-7-19-41)42-20-8-3-9-21-42)29-33-47(40)58(52)51-25-11-10-23-48(51)53(49)37-44/h2*1-38H. The van der Waals surface area contributed by atoms with Gasteiger partial charge in [0.15, 0.2) is 5.58 Å². The van der Waals surface area contributed by atoms with Crippen LogP contribution in [0.2, 0.25) is 0 Å². The summed E-state index contributed by atoms with van der Waals surface area (Å²) in [5.74, 6) is 0. The van der Waals surface area contributed by atoms with Gasteiger partial charge >= 0.3 is 0 Å². The van der Waals surface area contributed by atoms with E-state index >= 15 is 0 Å². The molecule has 24 aromatic rings. The number of para-hydroxylation sites is 9. The van der Waals surface area contributed by atoms with E-state index in [0.717, 1.165) is 129 Å². The van der Waals surface area contributed by atoms with Crippen LogP contribution in [0.15, 0.2) is 470 Å². The van der Waals surface area contributed by atoms with Gasteiger partial charge in [-0.1, -0.05) is 315 Å². The van der Waals surface area contributed by atoms with E-state index in [2.05, 4.69) is 462 Å². The predicted octanol–water partition coefficient (Wildman–Crippen LogP) is 33.6. The lowest BCUT2D eigenvalue weighted by Gasteiger charge is -2.28. The molecule has 0 unspecified atom stereocenters. The number of hydrogen-bond donors (Lipinski definition) is 0. The van der Waals surface area contributed by atoms with Gasteiger partial charge in [0.25, 0.3) is 0 Å². The Morgan fingerprint density at radius 1 is 0.148 bits per heavy atom. The largest absolute Gasteiger partial charge is 0.456 e. The molecule has 0 aliphatic rings. The van der Waals surface area contributed by atoms with Crippen LogP contribution in [0.5, 0.6) is 0 Å². The van der Waals surface area contributed by atoms with Gasteiger partial charge in [0.05, 0.1) is 17.1 Å². The molecule has 0 saturated carbocycles. The van der Waals surface area contributed by atoms with Crippen LogP contribution in [0.25, 0.3) is 152 Å². The minimum Gasteiger partial charge on any atom is -0.456 e. The molecule has 572 valence electrons. The monoisotopic (exact) mass is 1560 g/mol. The van der Waals surface area contributed by atoms with Crippen molar-refractivity contribution in [3.05, 3.63) is 461 Å². The Balaban J connectivity index is 0.000000142. The van der Waals surface area contributed by atoms with Crippen molar-refractivity contribution in [2.45, 2.75) is 0 Å². The van der Waals surface area contributed by atoms with Crippen molar-refractivity contribution in [2.24, 2.45) is 0 Å². The maximum Gasteiger partial charge on any atom is 0.159 e. The summed E-state index contributed by atoms with van der Waals surface area (Å²) >= 11 is 0. The van der Waals surface area contributed by atoms with E-state index in [1.165, 1.54) is 91.7 Å². The van der Waals surface area contributed by atoms with E-state index in [-0.39, 0.29) is 0 Å². The highest BCUT2D eigenvalue weighted by molar-refractivity contribution is 6.34. The molecule has 0 radical (unpaired) electrons. The highest BCUT2D eigenvalue weighted by atomic mass is 16.3. The van der Waals surface area contributed by atoms with E-state index in [9.17, 15) is 0 Å². The van der Waals surface area contributed by atoms with E-state index in [4.69, 9.17) is 8.83 Å². The molecule has 0 N–H and O–H groups in total. The average molecular weight is 1560 g/mol. The van der Waals surface area contributed by atoms with Crippen molar-refractivity contribution in [3.63, 3.8) is 0 Å². The lowest BCUT2D eigenvalue weighted by molar-refractivity contribution is 0.668. The number of rotatable bonds is 14. The smallest absolute Gasteiger partial charge is 0.159 e. The molecule has 0 atom stereocenters. The first kappa shape index (κ1) is 71.1. The van der Waals surface area contributed by atoms with Crippen molar-refractivity contribution in [3.8, 4) is 22.3 Å². The molecule has 0 amide bonds. The molecule has 0 saturated heterocycles. The van der Waals surface area contributed by atoms with E-state index in [1.54, 1.807) is 0 Å². The second-order valence-electron chi connectivity index (χ2n) is 31.3. The lowest BCUT2D eigenvalue weighted by Crippen LogP contribution is -2.11. The molecule has 122 heavy (non-hydrogen) atoms. The van der Waals surface area contributed by atoms with Crippen LogP contribution >= 0.6 is 0 Å². The summed E-state index contributed by atoms with van der Waals surface area (Å²) in [6.07, 6.45) is 0. The van der Waals surface area contributed by atoms with Gasteiger partial charge < -0.3 is 28.4 Å². The lowest BCUT2D eigenvalue weighted by atomic mass is 9.90. The molecular formula is C116H76N4O2. The molecule has 6 nitrogen and oxygen atoms in total. The number of nitrogens with zero attached hydrogens (tertiary/aromatic N) is 4. The summed E-state index contributed by atoms with van der Waals surface area (Å²) < 4.78 is 13.0. The Labute approximate surface area is 705 Å². The van der Waals surface area contributed by atoms with E-state index < -0.39 is 0 Å². The van der Waals surface area contributed by atoms with E-state index in [0.29, 0.717) is 0 Å². The first-order valence-corrected chi connectivity index (χ1v) is 41.7. The first-order valence-electron chi connectivity index (χ1n) is 41.7. The molecule has 2 aromatic heterocycles. The maximum atomic E-state index is 6.74. The molecule has 2 heterocycles. The summed E-state index contributed by atoms with van der Waals surface area (Å²) in [5.41, 5.74) is 21.2. The number of anilines is 12. The Kier molecular flexibility index (Phi) is 17.5. The molecular weight excluding hydrogens is 1480 g/mol. The van der Waals surface area contributed by atoms with Crippen LogP contribution in [0.1, 0.15) is 0 Å². The number of benzene rings is 22. The van der Waals surface area contributed by atoms with Crippen LogP contribution in [0.4, 0.5) is 68.2 Å². The number of fused-ring (bicyclic) bond motifs is 22. The predicted molar refractivity (Wildman–Crippen MR) is 517 cm³/mol. The van der Waals surface area contributed by atoms with Gasteiger partial charge in [0.1, 0.15) is 16.7 Å². The summed E-state index contributed by atoms with van der Waals surface area (Å²) in [5, 5.41) is 24.1. The Morgan fingerprint density at radius 3 is 0.926 bits per heavy atom. The van der Waals surface area contributed by atoms with Gasteiger partial charge in [-0.2, -0.15) is 0 Å². The van der Waals surface area contributed by atoms with Gasteiger partial charge in [0, 0.05) is 83.9 Å². The van der Waals surface area contributed by atoms with Gasteiger partial charge in [-0.05, 0) is 243 Å². The minimum absolute atomic E-state index is 0.860. The number of hydrogen-bond acceptors (Lipinski definition) is 6. The highest BCUT2D eigenvalue weighted by Gasteiger charge is 2.27. The zero-order chi connectivity index (χ0) is 80.6. The molecule has 0 spiro atoms. The van der Waals surface area contributed by atoms with Crippen LogP contribution in [-0.2, 0) is 0 Å². The summed E-state index contributed by atoms with van der Waals surface area (Å²) in [7, 11) is 0. The van der Waals surface area contributed by atoms with Crippen LogP contribution < -0.4 is 19.6 Å². The fourth-order valence-electron chi connectivity index (χ4n) is 18.9. The fraction of sp³-hybridized carbons (Fsp3) is 0. The van der Waals surface area contributed by atoms with Crippen molar-refractivity contribution in [1.29, 1.82) is 0 Å². The average Bonchev–Trinajstić information content (AvgIpc) is 0.899. The first-order chi connectivity index (χ1) is 60.5. The third-order valence-electron chi connectivity index (χ3n) is 24.4. The van der Waals surface area contributed by atoms with Gasteiger partial charge in [0.2, 0.25) is 0 Å². The van der Waals surface area contributed by atoms with Gasteiger partial charge in [-0.15, -0.1) is 0 Å². The molecule has 6 heteroatoms. The van der Waals surface area contributed by atoms with Crippen molar-refractivity contribution in [2.75, 3.05) is 19.6 Å². The maximum absolute atomic E-state index is 6.74. The molecule has 0 aliphatic carbocycles. The second kappa shape index (κ2) is 30.0. The van der Waals surface area contributed by atoms with Crippen molar-refractivity contribution >= 4 is 198 Å². The zero-order valence-electron chi connectivity index (χ0n) is 66.5. The summed E-state index contributed by atoms with van der Waals surface area (Å²) in [6.45, 7) is 0. The Hall–Kier alpha value is -16.3. The van der Waals surface area contributed by atoms with Gasteiger partial charge in [-0.3, -0.25) is 0 Å². The SMILES string of the molecule is c1ccc(-c2ccccc2N(c2ccc3c(c2)c2ccccc2c2c4ccc(N(c5ccccc5)c5ccccc5)cc4ccc32)c2cccc3c2oc2ccccc23)cc1.c1ccc(-c2ccccc2N(c2ccc3oc4ccccc4c3c2)c2ccc3c(c2)c2ccccc2c2c4ccc(N(c5ccccc5)c5ccccc5)cc4ccc32)cc1. The molecule has 22 aromatic carbocycles. The second-order valence-corrected chi connectivity index (χ2v) is 31.3. The molecule has 0 aliphatic heterocycles. The summed E-state index contributed by atoms with van der Waals surface area (Å²) in [4.78, 5) is 9.46. The topological polar surface area (TPSA) is 39.2 Å². The van der Waals surface area contributed by atoms with Gasteiger partial charge in [-0.25, -0.2) is 0 Å². The fourth-order valence-corrected chi connectivity index (χ4v) is 18.9. The zero-order valence-corrected chi connectivity index (χ0v) is 66.5. The van der Waals surface area contributed by atoms with Crippen molar-refractivity contribution < 1.29 is 8.83 Å². The quantitative estimate of drug-likeness (QED) is 0.101. The Morgan fingerprint density at radius 2 is 0.451 bits per heavy atom. The minimum atomic E-state index is 0.860. The molecule has 0 fully saturated rings. The molecule has 0 bridgehead atoms. The van der Waals surface area contributed by atoms with E-state index in [1.807, 2.05) is 18.2 Å². The highest BCUT2D eigenvalue weighted by Crippen LogP contribution is 2.52. The third kappa shape index (κ3) is 12.3. The summed E-state index contributed by atoms with van der Waals surface area (Å²) in [6, 6.07) is 166. The van der Waals surface area contributed by atoms with Crippen LogP contribution in [-0.4, -0.2) is 0 Å². The molecule has 24 rings (SSSR count).